The first-order valence-electron chi connectivity index (χ1n) is 9.23. The van der Waals surface area contributed by atoms with Gasteiger partial charge in [-0.05, 0) is 58.7 Å². The molecule has 3 rings (SSSR count). The van der Waals surface area contributed by atoms with E-state index in [1.165, 1.54) is 11.8 Å². The highest BCUT2D eigenvalue weighted by molar-refractivity contribution is 9.10. The molecule has 0 unspecified atom stereocenters. The van der Waals surface area contributed by atoms with Crippen molar-refractivity contribution in [3.05, 3.63) is 76.5 Å². The van der Waals surface area contributed by atoms with Gasteiger partial charge in [-0.2, -0.15) is 0 Å². The maximum Gasteiger partial charge on any atom is 0.192 e. The molecule has 0 aliphatic carbocycles. The van der Waals surface area contributed by atoms with Gasteiger partial charge in [-0.3, -0.25) is 9.36 Å². The third-order valence-electron chi connectivity index (χ3n) is 4.27. The number of halogens is 1. The fraction of sp³-hybridized carbons (Fsp3) is 0.227. The highest BCUT2D eigenvalue weighted by Gasteiger charge is 2.16. The average Bonchev–Trinajstić information content (AvgIpc) is 3.12. The molecular weight excluding hydrogens is 466 g/mol. The minimum Gasteiger partial charge on any atom is -0.496 e. The molecule has 6 nitrogen and oxygen atoms in total. The number of aryl methyl sites for hydroxylation is 1. The molecule has 0 amide bonds. The summed E-state index contributed by atoms with van der Waals surface area (Å²) in [5, 5.41) is 9.14. The second-order valence-electron chi connectivity index (χ2n) is 6.46. The second-order valence-corrected chi connectivity index (χ2v) is 8.26. The van der Waals surface area contributed by atoms with E-state index in [1.54, 1.807) is 31.4 Å². The van der Waals surface area contributed by atoms with Crippen LogP contribution in [0.1, 0.15) is 21.7 Å². The number of benzene rings is 2. The summed E-state index contributed by atoms with van der Waals surface area (Å²) in [6, 6.07) is 13.1. The lowest BCUT2D eigenvalue weighted by Crippen LogP contribution is -2.09. The van der Waals surface area contributed by atoms with E-state index < -0.39 is 0 Å². The zero-order valence-electron chi connectivity index (χ0n) is 16.8. The van der Waals surface area contributed by atoms with Gasteiger partial charge in [-0.25, -0.2) is 0 Å². The Balaban J connectivity index is 1.67. The van der Waals surface area contributed by atoms with Crippen LogP contribution in [0.4, 0.5) is 0 Å². The Morgan fingerprint density at radius 2 is 2.10 bits per heavy atom. The van der Waals surface area contributed by atoms with E-state index in [0.717, 1.165) is 15.8 Å². The molecule has 1 heterocycles. The monoisotopic (exact) mass is 487 g/mol. The molecule has 30 heavy (non-hydrogen) atoms. The number of rotatable bonds is 10. The highest BCUT2D eigenvalue weighted by atomic mass is 79.9. The number of nitrogens with zero attached hydrogens (tertiary/aromatic N) is 3. The van der Waals surface area contributed by atoms with Crippen LogP contribution in [0.3, 0.4) is 0 Å². The van der Waals surface area contributed by atoms with E-state index in [-0.39, 0.29) is 18.1 Å². The van der Waals surface area contributed by atoms with Gasteiger partial charge in [-0.15, -0.1) is 16.8 Å². The zero-order valence-corrected chi connectivity index (χ0v) is 19.2. The van der Waals surface area contributed by atoms with Crippen LogP contribution >= 0.6 is 27.7 Å². The molecule has 3 aromatic rings. The number of allylic oxidation sites excluding steroid dienone is 1. The maximum atomic E-state index is 12.6. The van der Waals surface area contributed by atoms with E-state index in [0.29, 0.717) is 28.8 Å². The molecule has 1 aromatic heterocycles. The number of carbonyl (C=O) groups excluding carboxylic acids is 1. The largest absolute Gasteiger partial charge is 0.496 e. The van der Waals surface area contributed by atoms with Crippen molar-refractivity contribution in [2.24, 2.45) is 0 Å². The summed E-state index contributed by atoms with van der Waals surface area (Å²) in [5.74, 6) is 2.38. The molecule has 0 aliphatic heterocycles. The Morgan fingerprint density at radius 3 is 2.80 bits per heavy atom. The molecule has 0 aliphatic rings. The minimum absolute atomic E-state index is 0.00549. The SMILES string of the molecule is C=CCn1c(COc2cccc(C)c2)nnc1SCC(=O)c1ccc(OC)c(Br)c1. The van der Waals surface area contributed by atoms with Crippen molar-refractivity contribution in [2.45, 2.75) is 25.2 Å². The third-order valence-corrected chi connectivity index (χ3v) is 5.86. The summed E-state index contributed by atoms with van der Waals surface area (Å²) in [4.78, 5) is 12.6. The first-order chi connectivity index (χ1) is 14.5. The molecule has 0 spiro atoms. The fourth-order valence-corrected chi connectivity index (χ4v) is 4.15. The number of methoxy groups -OCH3 is 1. The number of thioether (sulfide) groups is 1. The Bertz CT molecular complexity index is 1050. The number of hydrogen-bond donors (Lipinski definition) is 0. The van der Waals surface area contributed by atoms with Crippen LogP contribution in [0.2, 0.25) is 0 Å². The van der Waals surface area contributed by atoms with Gasteiger partial charge in [0.05, 0.1) is 17.3 Å². The summed E-state index contributed by atoms with van der Waals surface area (Å²) in [6.45, 7) is 6.63. The predicted octanol–water partition coefficient (Wildman–Crippen LogP) is 5.10. The van der Waals surface area contributed by atoms with Gasteiger partial charge >= 0.3 is 0 Å². The number of carbonyl (C=O) groups is 1. The molecule has 156 valence electrons. The zero-order chi connectivity index (χ0) is 21.5. The molecule has 0 radical (unpaired) electrons. The van der Waals surface area contributed by atoms with Gasteiger partial charge in [0.2, 0.25) is 0 Å². The van der Waals surface area contributed by atoms with Crippen LogP contribution in [0, 0.1) is 6.92 Å². The quantitative estimate of drug-likeness (QED) is 0.225. The van der Waals surface area contributed by atoms with Gasteiger partial charge in [0.25, 0.3) is 0 Å². The molecule has 0 bridgehead atoms. The van der Waals surface area contributed by atoms with Crippen molar-refractivity contribution >= 4 is 33.5 Å². The van der Waals surface area contributed by atoms with Gasteiger partial charge in [0.15, 0.2) is 16.8 Å². The molecule has 0 atom stereocenters. The topological polar surface area (TPSA) is 66.2 Å². The van der Waals surface area contributed by atoms with Crippen LogP contribution < -0.4 is 9.47 Å². The van der Waals surface area contributed by atoms with Crippen molar-refractivity contribution < 1.29 is 14.3 Å². The van der Waals surface area contributed by atoms with Crippen LogP contribution in [-0.4, -0.2) is 33.4 Å². The molecule has 0 fully saturated rings. The summed E-state index contributed by atoms with van der Waals surface area (Å²) in [7, 11) is 1.59. The summed E-state index contributed by atoms with van der Waals surface area (Å²) in [6.07, 6.45) is 1.77. The van der Waals surface area contributed by atoms with Gasteiger partial charge in [0.1, 0.15) is 18.1 Å². The van der Waals surface area contributed by atoms with Crippen LogP contribution in [0.5, 0.6) is 11.5 Å². The van der Waals surface area contributed by atoms with Crippen molar-refractivity contribution in [2.75, 3.05) is 12.9 Å². The summed E-state index contributed by atoms with van der Waals surface area (Å²) >= 11 is 4.75. The van der Waals surface area contributed by atoms with Gasteiger partial charge < -0.3 is 9.47 Å². The number of ketones is 1. The first-order valence-corrected chi connectivity index (χ1v) is 11.0. The molecule has 8 heteroatoms. The third kappa shape index (κ3) is 5.52. The number of ether oxygens (including phenoxy) is 2. The Hall–Kier alpha value is -2.58. The maximum absolute atomic E-state index is 12.6. The smallest absolute Gasteiger partial charge is 0.192 e. The number of Topliss-reactive ketones (excluding diaryl/α,β-unsaturated/α-hetero) is 1. The molecule has 0 N–H and O–H groups in total. The van der Waals surface area contributed by atoms with E-state index in [1.807, 2.05) is 35.8 Å². The first kappa shape index (κ1) is 22.1. The average molecular weight is 488 g/mol. The lowest BCUT2D eigenvalue weighted by molar-refractivity contribution is 0.102. The van der Waals surface area contributed by atoms with E-state index in [9.17, 15) is 4.79 Å². The Labute approximate surface area is 188 Å². The lowest BCUT2D eigenvalue weighted by Gasteiger charge is -2.09. The molecule has 0 saturated heterocycles. The lowest BCUT2D eigenvalue weighted by atomic mass is 10.1. The van der Waals surface area contributed by atoms with E-state index >= 15 is 0 Å². The Morgan fingerprint density at radius 1 is 1.27 bits per heavy atom. The Kier molecular flexibility index (Phi) is 7.70. The van der Waals surface area contributed by atoms with Crippen molar-refractivity contribution in [1.82, 2.24) is 14.8 Å². The number of aromatic nitrogens is 3. The van der Waals surface area contributed by atoms with Gasteiger partial charge in [-0.1, -0.05) is 30.0 Å². The summed E-state index contributed by atoms with van der Waals surface area (Å²) in [5.41, 5.74) is 1.73. The normalized spacial score (nSPS) is 10.6. The standard InChI is InChI=1S/C22H22BrN3O3S/c1-4-10-26-21(13-29-17-7-5-6-15(2)11-17)24-25-22(26)30-14-19(27)16-8-9-20(28-3)18(23)12-16/h4-9,11-12H,1,10,13-14H2,2-3H3. The van der Waals surface area contributed by atoms with Crippen molar-refractivity contribution in [3.63, 3.8) is 0 Å². The van der Waals surface area contributed by atoms with Crippen LogP contribution in [0.15, 0.2) is 64.7 Å². The van der Waals surface area contributed by atoms with E-state index in [2.05, 4.69) is 32.7 Å². The molecule has 2 aromatic carbocycles. The van der Waals surface area contributed by atoms with Crippen LogP contribution in [-0.2, 0) is 13.2 Å². The fourth-order valence-electron chi connectivity index (χ4n) is 2.75. The van der Waals surface area contributed by atoms with E-state index in [4.69, 9.17) is 9.47 Å². The predicted molar refractivity (Wildman–Crippen MR) is 121 cm³/mol. The van der Waals surface area contributed by atoms with Crippen molar-refractivity contribution in [3.8, 4) is 11.5 Å². The molecule has 0 saturated carbocycles. The highest BCUT2D eigenvalue weighted by Crippen LogP contribution is 2.27. The van der Waals surface area contributed by atoms with Crippen molar-refractivity contribution in [1.29, 1.82) is 0 Å². The second kappa shape index (κ2) is 10.4. The summed E-state index contributed by atoms with van der Waals surface area (Å²) < 4.78 is 13.7. The van der Waals surface area contributed by atoms with Gasteiger partial charge in [0, 0.05) is 12.1 Å². The molecular formula is C22H22BrN3O3S. The van der Waals surface area contributed by atoms with Crippen LogP contribution in [0.25, 0.3) is 0 Å². The minimum atomic E-state index is -0.00549. The number of hydrogen-bond acceptors (Lipinski definition) is 6.